The van der Waals surface area contributed by atoms with E-state index in [-0.39, 0.29) is 5.75 Å². The van der Waals surface area contributed by atoms with E-state index in [2.05, 4.69) is 0 Å². The van der Waals surface area contributed by atoms with Crippen molar-refractivity contribution in [3.8, 4) is 5.75 Å². The molecule has 0 bridgehead atoms. The maximum absolute atomic E-state index is 11.6. The number of aromatic hydroxyl groups is 1. The molecule has 1 heterocycles. The van der Waals surface area contributed by atoms with Crippen LogP contribution in [0.25, 0.3) is 6.08 Å². The zero-order chi connectivity index (χ0) is 17.0. The number of rotatable bonds is 4. The maximum Gasteiger partial charge on any atom is 0.330 e. The molecule has 0 aliphatic carbocycles. The summed E-state index contributed by atoms with van der Waals surface area (Å²) in [6.07, 6.45) is -4.96. The molecule has 2 rings (SSSR count). The normalized spacial score (nSPS) is 31.2. The Morgan fingerprint density at radius 3 is 2.39 bits per heavy atom. The molecule has 1 aromatic rings. The highest BCUT2D eigenvalue weighted by molar-refractivity contribution is 5.87. The van der Waals surface area contributed by atoms with Crippen LogP contribution < -0.4 is 0 Å². The number of carbonyl (C=O) groups is 1. The van der Waals surface area contributed by atoms with Crippen molar-refractivity contribution in [2.24, 2.45) is 0 Å². The molecule has 0 saturated carbocycles. The first-order chi connectivity index (χ1) is 10.9. The SMILES string of the molecule is O=C(C=Cc1ccc(O)cc1)OC[C@H]1O[C@H](O)[C@H](O)[C@@H](O)[C@@H]1O. The van der Waals surface area contributed by atoms with Crippen LogP contribution in [0.4, 0.5) is 0 Å². The summed E-state index contributed by atoms with van der Waals surface area (Å²) in [6, 6.07) is 6.12. The van der Waals surface area contributed by atoms with Crippen molar-refractivity contribution in [1.29, 1.82) is 0 Å². The van der Waals surface area contributed by atoms with Gasteiger partial charge in [0.2, 0.25) is 0 Å². The molecule has 1 aromatic carbocycles. The number of phenols is 1. The molecule has 1 aliphatic heterocycles. The minimum atomic E-state index is -1.68. The highest BCUT2D eigenvalue weighted by Crippen LogP contribution is 2.20. The number of aliphatic hydroxyl groups is 4. The quantitative estimate of drug-likeness (QED) is 0.342. The number of hydrogen-bond acceptors (Lipinski definition) is 8. The molecule has 5 atom stereocenters. The lowest BCUT2D eigenvalue weighted by molar-refractivity contribution is -0.287. The Labute approximate surface area is 131 Å². The number of benzene rings is 1. The third-order valence-electron chi connectivity index (χ3n) is 3.38. The van der Waals surface area contributed by atoms with Gasteiger partial charge in [-0.15, -0.1) is 0 Å². The van der Waals surface area contributed by atoms with Crippen LogP contribution in [0.15, 0.2) is 30.3 Å². The number of phenolic OH excluding ortho intramolecular Hbond substituents is 1. The lowest BCUT2D eigenvalue weighted by atomic mass is 9.99. The van der Waals surface area contributed by atoms with Crippen molar-refractivity contribution >= 4 is 12.0 Å². The number of carbonyl (C=O) groups excluding carboxylic acids is 1. The van der Waals surface area contributed by atoms with Gasteiger partial charge in [0.05, 0.1) is 0 Å². The van der Waals surface area contributed by atoms with E-state index in [0.717, 1.165) is 6.08 Å². The van der Waals surface area contributed by atoms with E-state index >= 15 is 0 Å². The third kappa shape index (κ3) is 4.50. The first-order valence-corrected chi connectivity index (χ1v) is 6.90. The van der Waals surface area contributed by atoms with Gasteiger partial charge in [-0.25, -0.2) is 4.79 Å². The van der Waals surface area contributed by atoms with Crippen molar-refractivity contribution in [3.63, 3.8) is 0 Å². The van der Waals surface area contributed by atoms with Crippen LogP contribution in [0.1, 0.15) is 5.56 Å². The Kier molecular flexibility index (Phi) is 5.69. The minimum absolute atomic E-state index is 0.104. The van der Waals surface area contributed by atoms with E-state index in [9.17, 15) is 25.2 Å². The molecule has 5 N–H and O–H groups in total. The summed E-state index contributed by atoms with van der Waals surface area (Å²) in [5.41, 5.74) is 0.669. The fourth-order valence-corrected chi connectivity index (χ4v) is 2.03. The monoisotopic (exact) mass is 326 g/mol. The van der Waals surface area contributed by atoms with E-state index in [1.165, 1.54) is 18.2 Å². The van der Waals surface area contributed by atoms with Crippen LogP contribution >= 0.6 is 0 Å². The molecular formula is C15H18O8. The smallest absolute Gasteiger partial charge is 0.330 e. The van der Waals surface area contributed by atoms with Gasteiger partial charge < -0.3 is 35.0 Å². The van der Waals surface area contributed by atoms with E-state index < -0.39 is 43.3 Å². The third-order valence-corrected chi connectivity index (χ3v) is 3.38. The second-order valence-electron chi connectivity index (χ2n) is 5.09. The van der Waals surface area contributed by atoms with Gasteiger partial charge in [-0.2, -0.15) is 0 Å². The van der Waals surface area contributed by atoms with Gasteiger partial charge in [-0.3, -0.25) is 0 Å². The molecular weight excluding hydrogens is 308 g/mol. The first-order valence-electron chi connectivity index (χ1n) is 6.90. The summed E-state index contributed by atoms with van der Waals surface area (Å²) in [5.74, 6) is -0.614. The molecule has 1 saturated heterocycles. The molecule has 1 aliphatic rings. The predicted molar refractivity (Wildman–Crippen MR) is 77.0 cm³/mol. The van der Waals surface area contributed by atoms with Crippen LogP contribution in [0.5, 0.6) is 5.75 Å². The summed E-state index contributed by atoms with van der Waals surface area (Å²) in [7, 11) is 0. The molecule has 1 fully saturated rings. The molecule has 0 spiro atoms. The van der Waals surface area contributed by atoms with Gasteiger partial charge in [-0.1, -0.05) is 12.1 Å². The number of esters is 1. The Morgan fingerprint density at radius 1 is 1.09 bits per heavy atom. The van der Waals surface area contributed by atoms with Crippen molar-refractivity contribution in [3.05, 3.63) is 35.9 Å². The Hall–Kier alpha value is -1.97. The van der Waals surface area contributed by atoms with Gasteiger partial charge in [-0.05, 0) is 23.8 Å². The molecule has 8 heteroatoms. The largest absolute Gasteiger partial charge is 0.508 e. The van der Waals surface area contributed by atoms with E-state index in [4.69, 9.17) is 14.6 Å². The molecule has 126 valence electrons. The Bertz CT molecular complexity index is 555. The second kappa shape index (κ2) is 7.53. The topological polar surface area (TPSA) is 137 Å². The van der Waals surface area contributed by atoms with Crippen LogP contribution in [-0.4, -0.2) is 68.8 Å². The highest BCUT2D eigenvalue weighted by atomic mass is 16.6. The molecule has 0 amide bonds. The average Bonchev–Trinajstić information content (AvgIpc) is 2.54. The summed E-state index contributed by atoms with van der Waals surface area (Å²) in [5, 5.41) is 47.0. The van der Waals surface area contributed by atoms with E-state index in [1.807, 2.05) is 0 Å². The lowest BCUT2D eigenvalue weighted by Gasteiger charge is -2.37. The van der Waals surface area contributed by atoms with Gasteiger partial charge in [0.15, 0.2) is 6.29 Å². The van der Waals surface area contributed by atoms with Gasteiger partial charge in [0, 0.05) is 6.08 Å². The molecule has 0 aromatic heterocycles. The second-order valence-corrected chi connectivity index (χ2v) is 5.09. The van der Waals surface area contributed by atoms with Crippen LogP contribution in [0.2, 0.25) is 0 Å². The van der Waals surface area contributed by atoms with Gasteiger partial charge in [0.1, 0.15) is 36.8 Å². The standard InChI is InChI=1S/C15H18O8/c16-9-4-1-8(2-5-9)3-6-11(17)22-7-10-12(18)13(19)14(20)15(21)23-10/h1-6,10,12-16,18-21H,7H2/t10-,12-,13+,14-,15+/m1/s1. The summed E-state index contributed by atoms with van der Waals surface area (Å²) < 4.78 is 9.74. The Morgan fingerprint density at radius 2 is 1.74 bits per heavy atom. The van der Waals surface area contributed by atoms with Gasteiger partial charge in [0.25, 0.3) is 0 Å². The van der Waals surface area contributed by atoms with Crippen molar-refractivity contribution in [1.82, 2.24) is 0 Å². The summed E-state index contributed by atoms with van der Waals surface area (Å²) >= 11 is 0. The van der Waals surface area contributed by atoms with Crippen molar-refractivity contribution in [2.45, 2.75) is 30.7 Å². The molecule has 8 nitrogen and oxygen atoms in total. The van der Waals surface area contributed by atoms with Crippen LogP contribution in [0, 0.1) is 0 Å². The van der Waals surface area contributed by atoms with Gasteiger partial charge >= 0.3 is 5.97 Å². The number of ether oxygens (including phenoxy) is 2. The maximum atomic E-state index is 11.6. The van der Waals surface area contributed by atoms with E-state index in [0.29, 0.717) is 5.56 Å². The highest BCUT2D eigenvalue weighted by Gasteiger charge is 2.43. The van der Waals surface area contributed by atoms with Crippen LogP contribution in [0.3, 0.4) is 0 Å². The summed E-state index contributed by atoms with van der Waals surface area (Å²) in [4.78, 5) is 11.6. The Balaban J connectivity index is 1.85. The number of aliphatic hydroxyl groups excluding tert-OH is 4. The zero-order valence-electron chi connectivity index (χ0n) is 12.0. The molecule has 0 radical (unpaired) electrons. The van der Waals surface area contributed by atoms with E-state index in [1.54, 1.807) is 12.1 Å². The fourth-order valence-electron chi connectivity index (χ4n) is 2.03. The lowest BCUT2D eigenvalue weighted by Crippen LogP contribution is -2.58. The fraction of sp³-hybridized carbons (Fsp3) is 0.400. The zero-order valence-corrected chi connectivity index (χ0v) is 12.0. The molecule has 0 unspecified atom stereocenters. The van der Waals surface area contributed by atoms with Crippen molar-refractivity contribution < 1.29 is 39.8 Å². The first kappa shape index (κ1) is 17.4. The van der Waals surface area contributed by atoms with Crippen molar-refractivity contribution in [2.75, 3.05) is 6.61 Å². The predicted octanol–water partition coefficient (Wildman–Crippen LogP) is -1.25. The average molecular weight is 326 g/mol. The van der Waals surface area contributed by atoms with Crippen LogP contribution in [-0.2, 0) is 14.3 Å². The minimum Gasteiger partial charge on any atom is -0.508 e. The molecule has 23 heavy (non-hydrogen) atoms. The summed E-state index contributed by atoms with van der Waals surface area (Å²) in [6.45, 7) is -0.402. The number of hydrogen-bond donors (Lipinski definition) is 5.